The molecule has 0 saturated carbocycles. The number of aliphatic hydroxyl groups excluding tert-OH is 1. The highest BCUT2D eigenvalue weighted by atomic mass is 19.1. The molecule has 0 heterocycles. The van der Waals surface area contributed by atoms with Crippen LogP contribution in [-0.2, 0) is 13.0 Å². The number of carbonyl (C=O) groups is 1. The normalized spacial score (nSPS) is 18.0. The lowest BCUT2D eigenvalue weighted by molar-refractivity contribution is 0.0854. The van der Waals surface area contributed by atoms with Crippen molar-refractivity contribution < 1.29 is 14.3 Å². The highest BCUT2D eigenvalue weighted by Gasteiger charge is 2.33. The van der Waals surface area contributed by atoms with Crippen molar-refractivity contribution in [3.8, 4) is 11.1 Å². The van der Waals surface area contributed by atoms with Gasteiger partial charge in [-0.15, -0.1) is 0 Å². The molecule has 1 aliphatic rings. The molecule has 2 atom stereocenters. The van der Waals surface area contributed by atoms with Crippen LogP contribution < -0.4 is 11.1 Å². The number of fused-ring (bicyclic) bond motifs is 1. The number of aliphatic hydroxyl groups is 1. The monoisotopic (exact) mass is 376 g/mol. The lowest BCUT2D eigenvalue weighted by atomic mass is 10.0. The summed E-state index contributed by atoms with van der Waals surface area (Å²) in [5, 5.41) is 13.2. The van der Waals surface area contributed by atoms with Crippen molar-refractivity contribution in [3.63, 3.8) is 0 Å². The predicted molar refractivity (Wildman–Crippen MR) is 106 cm³/mol. The Labute approximate surface area is 162 Å². The molecule has 28 heavy (non-hydrogen) atoms. The molecule has 0 saturated heterocycles. The number of hydrogen-bond acceptors (Lipinski definition) is 3. The summed E-state index contributed by atoms with van der Waals surface area (Å²) in [6.45, 7) is 0.375. The van der Waals surface area contributed by atoms with Crippen molar-refractivity contribution in [2.75, 3.05) is 0 Å². The predicted octanol–water partition coefficient (Wildman–Crippen LogP) is 3.34. The first-order valence-corrected chi connectivity index (χ1v) is 9.22. The number of nitrogens with two attached hydrogens (primary N) is 1. The zero-order chi connectivity index (χ0) is 19.7. The molecule has 3 aromatic rings. The molecule has 4 nitrogen and oxygen atoms in total. The Balaban J connectivity index is 1.58. The van der Waals surface area contributed by atoms with E-state index >= 15 is 0 Å². The van der Waals surface area contributed by atoms with E-state index in [0.717, 1.165) is 22.3 Å². The van der Waals surface area contributed by atoms with E-state index in [1.165, 1.54) is 12.1 Å². The van der Waals surface area contributed by atoms with E-state index in [4.69, 9.17) is 5.73 Å². The maximum absolute atomic E-state index is 14.6. The zero-order valence-electron chi connectivity index (χ0n) is 15.2. The molecular formula is C23H21FN2O2. The summed E-state index contributed by atoms with van der Waals surface area (Å²) in [5.41, 5.74) is 9.96. The maximum atomic E-state index is 14.6. The molecule has 0 aliphatic heterocycles. The molecule has 142 valence electrons. The van der Waals surface area contributed by atoms with Gasteiger partial charge in [0.15, 0.2) is 0 Å². The average Bonchev–Trinajstić information content (AvgIpc) is 3.02. The molecular weight excluding hydrogens is 355 g/mol. The van der Waals surface area contributed by atoms with Crippen LogP contribution in [0.5, 0.6) is 0 Å². The van der Waals surface area contributed by atoms with Gasteiger partial charge in [-0.1, -0.05) is 54.6 Å². The van der Waals surface area contributed by atoms with Crippen molar-refractivity contribution >= 4 is 5.91 Å². The Morgan fingerprint density at radius 1 is 1.07 bits per heavy atom. The number of rotatable bonds is 4. The first-order valence-electron chi connectivity index (χ1n) is 9.22. The number of hydrogen-bond donors (Lipinski definition) is 3. The lowest BCUT2D eigenvalue weighted by Crippen LogP contribution is -2.34. The second kappa shape index (κ2) is 7.54. The van der Waals surface area contributed by atoms with E-state index < -0.39 is 23.9 Å². The van der Waals surface area contributed by atoms with Crippen molar-refractivity contribution in [1.82, 2.24) is 5.32 Å². The van der Waals surface area contributed by atoms with E-state index in [2.05, 4.69) is 5.32 Å². The first-order chi connectivity index (χ1) is 13.6. The van der Waals surface area contributed by atoms with Gasteiger partial charge in [0.25, 0.3) is 5.91 Å². The van der Waals surface area contributed by atoms with Gasteiger partial charge in [-0.25, -0.2) is 4.39 Å². The third-order valence-electron chi connectivity index (χ3n) is 5.20. The summed E-state index contributed by atoms with van der Waals surface area (Å²) in [6.07, 6.45) is -0.306. The van der Waals surface area contributed by atoms with Gasteiger partial charge < -0.3 is 16.2 Å². The zero-order valence-corrected chi connectivity index (χ0v) is 15.2. The van der Waals surface area contributed by atoms with Crippen LogP contribution in [0.25, 0.3) is 11.1 Å². The van der Waals surface area contributed by atoms with Gasteiger partial charge in [-0.2, -0.15) is 0 Å². The minimum atomic E-state index is -0.751. The quantitative estimate of drug-likeness (QED) is 0.654. The number of amides is 1. The van der Waals surface area contributed by atoms with Gasteiger partial charge in [-0.3, -0.25) is 4.79 Å². The highest BCUT2D eigenvalue weighted by molar-refractivity contribution is 5.95. The SMILES string of the molecule is NCc1ccc2c(c1)C(NC(=O)c1ccc(-c3ccccc3)cc1F)C(O)C2. The van der Waals surface area contributed by atoms with E-state index in [1.807, 2.05) is 48.5 Å². The van der Waals surface area contributed by atoms with Crippen LogP contribution in [-0.4, -0.2) is 17.1 Å². The Hall–Kier alpha value is -3.02. The number of nitrogens with one attached hydrogen (secondary N) is 1. The van der Waals surface area contributed by atoms with Crippen molar-refractivity contribution in [2.24, 2.45) is 5.73 Å². The molecule has 2 unspecified atom stereocenters. The minimum Gasteiger partial charge on any atom is -0.390 e. The summed E-state index contributed by atoms with van der Waals surface area (Å²) in [6, 6.07) is 19.1. The molecule has 0 fully saturated rings. The van der Waals surface area contributed by atoms with Crippen molar-refractivity contribution in [2.45, 2.75) is 25.1 Å². The summed E-state index contributed by atoms with van der Waals surface area (Å²) < 4.78 is 14.6. The fourth-order valence-electron chi connectivity index (χ4n) is 3.70. The van der Waals surface area contributed by atoms with E-state index in [9.17, 15) is 14.3 Å². The Morgan fingerprint density at radius 3 is 2.57 bits per heavy atom. The number of halogens is 1. The van der Waals surface area contributed by atoms with Gasteiger partial charge in [0.2, 0.25) is 0 Å². The van der Waals surface area contributed by atoms with Gasteiger partial charge in [0.1, 0.15) is 5.82 Å². The molecule has 3 aromatic carbocycles. The highest BCUT2D eigenvalue weighted by Crippen LogP contribution is 2.33. The second-order valence-electron chi connectivity index (χ2n) is 7.02. The fraction of sp³-hybridized carbons (Fsp3) is 0.174. The van der Waals surface area contributed by atoms with Crippen molar-refractivity contribution in [3.05, 3.63) is 94.8 Å². The fourth-order valence-corrected chi connectivity index (χ4v) is 3.70. The van der Waals surface area contributed by atoms with E-state index in [0.29, 0.717) is 18.5 Å². The van der Waals surface area contributed by atoms with Gasteiger partial charge in [-0.05, 0) is 39.9 Å². The van der Waals surface area contributed by atoms with Crippen molar-refractivity contribution in [1.29, 1.82) is 0 Å². The molecule has 4 N–H and O–H groups in total. The summed E-state index contributed by atoms with van der Waals surface area (Å²) in [7, 11) is 0. The average molecular weight is 376 g/mol. The van der Waals surface area contributed by atoms with Crippen LogP contribution in [0.15, 0.2) is 66.7 Å². The first kappa shape index (κ1) is 18.3. The van der Waals surface area contributed by atoms with E-state index in [-0.39, 0.29) is 5.56 Å². The van der Waals surface area contributed by atoms with E-state index in [1.54, 1.807) is 6.07 Å². The molecule has 1 amide bonds. The van der Waals surface area contributed by atoms with Crippen LogP contribution in [0.2, 0.25) is 0 Å². The molecule has 1 aliphatic carbocycles. The van der Waals surface area contributed by atoms with Gasteiger partial charge in [0, 0.05) is 13.0 Å². The van der Waals surface area contributed by atoms with Crippen LogP contribution in [0.3, 0.4) is 0 Å². The molecule has 0 spiro atoms. The van der Waals surface area contributed by atoms with Gasteiger partial charge >= 0.3 is 0 Å². The standard InChI is InChI=1S/C23H21FN2O2/c24-20-11-16(15-4-2-1-3-5-15)8-9-18(20)23(28)26-22-19-10-14(13-25)6-7-17(19)12-21(22)27/h1-11,21-22,27H,12-13,25H2,(H,26,28). The molecule has 0 bridgehead atoms. The topological polar surface area (TPSA) is 75.3 Å². The van der Waals surface area contributed by atoms with Crippen LogP contribution >= 0.6 is 0 Å². The molecule has 4 rings (SSSR count). The summed E-state index contributed by atoms with van der Waals surface area (Å²) >= 11 is 0. The molecule has 0 radical (unpaired) electrons. The largest absolute Gasteiger partial charge is 0.390 e. The second-order valence-corrected chi connectivity index (χ2v) is 7.02. The van der Waals surface area contributed by atoms with Gasteiger partial charge in [0.05, 0.1) is 17.7 Å². The third-order valence-corrected chi connectivity index (χ3v) is 5.20. The van der Waals surface area contributed by atoms with Crippen LogP contribution in [0.4, 0.5) is 4.39 Å². The third kappa shape index (κ3) is 3.42. The Bertz CT molecular complexity index is 1020. The number of benzene rings is 3. The molecule has 5 heteroatoms. The smallest absolute Gasteiger partial charge is 0.254 e. The summed E-state index contributed by atoms with van der Waals surface area (Å²) in [5.74, 6) is -1.14. The Kier molecular flexibility index (Phi) is 4.94. The van der Waals surface area contributed by atoms with Crippen LogP contribution in [0.1, 0.15) is 33.1 Å². The summed E-state index contributed by atoms with van der Waals surface area (Å²) in [4.78, 5) is 12.7. The minimum absolute atomic E-state index is 0.0460. The Morgan fingerprint density at radius 2 is 1.86 bits per heavy atom. The maximum Gasteiger partial charge on any atom is 0.254 e. The molecule has 0 aromatic heterocycles. The van der Waals surface area contributed by atoms with Crippen LogP contribution in [0, 0.1) is 5.82 Å². The lowest BCUT2D eigenvalue weighted by Gasteiger charge is -2.19. The number of carbonyl (C=O) groups excluding carboxylic acids is 1.